The number of nitrogen functional groups attached to an aromatic ring is 1. The molecule has 2 aromatic rings. The lowest BCUT2D eigenvalue weighted by molar-refractivity contribution is -0.132. The lowest BCUT2D eigenvalue weighted by Crippen LogP contribution is -2.25. The van der Waals surface area contributed by atoms with E-state index in [0.29, 0.717) is 30.1 Å². The first-order valence-corrected chi connectivity index (χ1v) is 9.76. The Morgan fingerprint density at radius 1 is 1.07 bits per heavy atom. The van der Waals surface area contributed by atoms with E-state index in [1.54, 1.807) is 16.7 Å². The summed E-state index contributed by atoms with van der Waals surface area (Å²) in [6.45, 7) is 6.48. The van der Waals surface area contributed by atoms with Crippen molar-refractivity contribution in [2.75, 3.05) is 12.3 Å². The van der Waals surface area contributed by atoms with E-state index in [2.05, 4.69) is 13.8 Å². The molecule has 6 nitrogen and oxygen atoms in total. The lowest BCUT2D eigenvalue weighted by Gasteiger charge is -2.18. The average Bonchev–Trinajstić information content (AvgIpc) is 2.63. The minimum atomic E-state index is -0.542. The molecule has 0 aliphatic rings. The summed E-state index contributed by atoms with van der Waals surface area (Å²) in [5, 5.41) is 0.728. The molecular weight excluding hydrogens is 344 g/mol. The second-order valence-electron chi connectivity index (χ2n) is 6.75. The number of ether oxygens (including phenoxy) is 2. The van der Waals surface area contributed by atoms with Gasteiger partial charge in [-0.05, 0) is 31.0 Å². The summed E-state index contributed by atoms with van der Waals surface area (Å²) in [6, 6.07) is 5.35. The van der Waals surface area contributed by atoms with E-state index in [4.69, 9.17) is 15.2 Å². The number of anilines is 1. The number of aryl methyl sites for hydroxylation is 1. The van der Waals surface area contributed by atoms with Crippen LogP contribution in [-0.4, -0.2) is 17.1 Å². The number of nitrogens with zero attached hydrogens (tertiary/aromatic N) is 1. The van der Waals surface area contributed by atoms with E-state index in [-0.39, 0.29) is 11.3 Å². The quantitative estimate of drug-likeness (QED) is 0.381. The molecule has 0 amide bonds. The fraction of sp³-hybridized carbons (Fsp3) is 0.524. The van der Waals surface area contributed by atoms with E-state index in [9.17, 15) is 9.59 Å². The number of pyridine rings is 1. The number of rotatable bonds is 10. The highest BCUT2D eigenvalue weighted by molar-refractivity contribution is 5.90. The second-order valence-corrected chi connectivity index (χ2v) is 6.75. The number of hydrogen-bond acceptors (Lipinski definition) is 5. The molecule has 0 unspecified atom stereocenters. The van der Waals surface area contributed by atoms with Crippen LogP contribution in [0, 0.1) is 0 Å². The summed E-state index contributed by atoms with van der Waals surface area (Å²) < 4.78 is 12.9. The molecule has 0 aliphatic carbocycles. The third kappa shape index (κ3) is 5.25. The molecule has 0 saturated carbocycles. The third-order valence-corrected chi connectivity index (χ3v) is 4.43. The van der Waals surface area contributed by atoms with Gasteiger partial charge in [0.1, 0.15) is 0 Å². The maximum atomic E-state index is 13.1. The Balaban J connectivity index is 2.55. The van der Waals surface area contributed by atoms with Crippen LogP contribution in [0.15, 0.2) is 23.0 Å². The van der Waals surface area contributed by atoms with Gasteiger partial charge in [0, 0.05) is 24.5 Å². The first-order valence-electron chi connectivity index (χ1n) is 9.76. The normalized spacial score (nSPS) is 10.9. The summed E-state index contributed by atoms with van der Waals surface area (Å²) in [5.74, 6) is -0.249. The Hall–Kier alpha value is -2.50. The zero-order valence-corrected chi connectivity index (χ0v) is 16.5. The number of carbonyl (C=O) groups is 1. The number of fused-ring (bicyclic) bond motifs is 1. The first-order chi connectivity index (χ1) is 13.0. The SMILES string of the molecule is CCCCCCOc1c(OC(C)=O)c(=O)n(CCCC)c2cc(N)ccc12. The molecule has 1 heterocycles. The first kappa shape index (κ1) is 20.8. The highest BCUT2D eigenvalue weighted by Crippen LogP contribution is 2.34. The van der Waals surface area contributed by atoms with Gasteiger partial charge in [-0.25, -0.2) is 0 Å². The molecule has 0 atom stereocenters. The number of unbranched alkanes of at least 4 members (excludes halogenated alkanes) is 4. The van der Waals surface area contributed by atoms with E-state index in [1.165, 1.54) is 6.92 Å². The predicted molar refractivity (Wildman–Crippen MR) is 108 cm³/mol. The summed E-state index contributed by atoms with van der Waals surface area (Å²) in [7, 11) is 0. The highest BCUT2D eigenvalue weighted by atomic mass is 16.6. The highest BCUT2D eigenvalue weighted by Gasteiger charge is 2.21. The van der Waals surface area contributed by atoms with Crippen LogP contribution in [0.3, 0.4) is 0 Å². The zero-order valence-electron chi connectivity index (χ0n) is 16.5. The van der Waals surface area contributed by atoms with E-state index in [0.717, 1.165) is 43.9 Å². The maximum Gasteiger partial charge on any atom is 0.308 e. The van der Waals surface area contributed by atoms with Crippen LogP contribution >= 0.6 is 0 Å². The van der Waals surface area contributed by atoms with Crippen LogP contribution in [0.1, 0.15) is 59.3 Å². The second kappa shape index (κ2) is 10.00. The summed E-state index contributed by atoms with van der Waals surface area (Å²) in [5.41, 5.74) is 6.87. The average molecular weight is 374 g/mol. The van der Waals surface area contributed by atoms with Crippen molar-refractivity contribution in [1.29, 1.82) is 0 Å². The number of aromatic nitrogens is 1. The molecule has 0 aliphatic heterocycles. The monoisotopic (exact) mass is 374 g/mol. The molecule has 27 heavy (non-hydrogen) atoms. The van der Waals surface area contributed by atoms with Crippen molar-refractivity contribution in [3.63, 3.8) is 0 Å². The molecule has 2 rings (SSSR count). The minimum absolute atomic E-state index is 0.0358. The van der Waals surface area contributed by atoms with Crippen molar-refractivity contribution in [3.8, 4) is 11.5 Å². The van der Waals surface area contributed by atoms with Gasteiger partial charge >= 0.3 is 5.97 Å². The molecule has 1 aromatic carbocycles. The molecule has 1 aromatic heterocycles. The number of esters is 1. The Kier molecular flexibility index (Phi) is 7.70. The van der Waals surface area contributed by atoms with Crippen molar-refractivity contribution in [1.82, 2.24) is 4.57 Å². The predicted octanol–water partition coefficient (Wildman–Crippen LogP) is 4.27. The topological polar surface area (TPSA) is 83.5 Å². The number of hydrogen-bond donors (Lipinski definition) is 1. The van der Waals surface area contributed by atoms with Crippen LogP contribution in [0.2, 0.25) is 0 Å². The molecule has 0 spiro atoms. The fourth-order valence-corrected chi connectivity index (χ4v) is 3.03. The molecule has 148 valence electrons. The molecule has 0 saturated heterocycles. The van der Waals surface area contributed by atoms with Crippen LogP contribution in [0.5, 0.6) is 11.5 Å². The third-order valence-electron chi connectivity index (χ3n) is 4.43. The number of nitrogens with two attached hydrogens (primary N) is 1. The van der Waals surface area contributed by atoms with E-state index < -0.39 is 5.97 Å². The minimum Gasteiger partial charge on any atom is -0.489 e. The van der Waals surface area contributed by atoms with Gasteiger partial charge in [-0.2, -0.15) is 0 Å². The number of benzene rings is 1. The largest absolute Gasteiger partial charge is 0.489 e. The maximum absolute atomic E-state index is 13.1. The van der Waals surface area contributed by atoms with Gasteiger partial charge in [0.2, 0.25) is 5.75 Å². The van der Waals surface area contributed by atoms with Gasteiger partial charge in [-0.1, -0.05) is 39.5 Å². The van der Waals surface area contributed by atoms with Gasteiger partial charge < -0.3 is 19.8 Å². The van der Waals surface area contributed by atoms with Gasteiger partial charge in [-0.15, -0.1) is 0 Å². The van der Waals surface area contributed by atoms with Crippen molar-refractivity contribution in [2.24, 2.45) is 0 Å². The fourth-order valence-electron chi connectivity index (χ4n) is 3.03. The molecule has 2 N–H and O–H groups in total. The summed E-state index contributed by atoms with van der Waals surface area (Å²) in [6.07, 6.45) is 5.97. The van der Waals surface area contributed by atoms with Crippen molar-refractivity contribution in [3.05, 3.63) is 28.6 Å². The summed E-state index contributed by atoms with van der Waals surface area (Å²) in [4.78, 5) is 24.7. The van der Waals surface area contributed by atoms with E-state index in [1.807, 2.05) is 6.07 Å². The molecule has 6 heteroatoms. The van der Waals surface area contributed by atoms with Crippen LogP contribution < -0.4 is 20.8 Å². The Morgan fingerprint density at radius 2 is 1.81 bits per heavy atom. The zero-order chi connectivity index (χ0) is 19.8. The lowest BCUT2D eigenvalue weighted by atomic mass is 10.1. The van der Waals surface area contributed by atoms with Crippen LogP contribution in [0.4, 0.5) is 5.69 Å². The van der Waals surface area contributed by atoms with Crippen molar-refractivity contribution < 1.29 is 14.3 Å². The van der Waals surface area contributed by atoms with Crippen molar-refractivity contribution in [2.45, 2.75) is 65.8 Å². The van der Waals surface area contributed by atoms with E-state index >= 15 is 0 Å². The number of carbonyl (C=O) groups excluding carboxylic acids is 1. The van der Waals surface area contributed by atoms with Gasteiger partial charge in [-0.3, -0.25) is 9.59 Å². The Morgan fingerprint density at radius 3 is 2.48 bits per heavy atom. The molecule has 0 bridgehead atoms. The molecular formula is C21H30N2O4. The standard InChI is InChI=1S/C21H30N2O4/c1-4-6-8-9-13-26-19-17-11-10-16(22)14-18(17)23(12-7-5-2)21(25)20(19)27-15(3)24/h10-11,14H,4-9,12-13,22H2,1-3H3. The van der Waals surface area contributed by atoms with Crippen LogP contribution in [0.25, 0.3) is 10.9 Å². The molecule has 0 fully saturated rings. The Labute approximate surface area is 160 Å². The van der Waals surface area contributed by atoms with Gasteiger partial charge in [0.25, 0.3) is 5.56 Å². The molecule has 0 radical (unpaired) electrons. The van der Waals surface area contributed by atoms with Gasteiger partial charge in [0.05, 0.1) is 12.1 Å². The summed E-state index contributed by atoms with van der Waals surface area (Å²) >= 11 is 0. The van der Waals surface area contributed by atoms with Gasteiger partial charge in [0.15, 0.2) is 5.75 Å². The Bertz CT molecular complexity index is 842. The van der Waals surface area contributed by atoms with Crippen molar-refractivity contribution >= 4 is 22.6 Å². The van der Waals surface area contributed by atoms with Crippen LogP contribution in [-0.2, 0) is 11.3 Å². The smallest absolute Gasteiger partial charge is 0.308 e.